The number of hydrogen-bond acceptors (Lipinski definition) is 2. The summed E-state index contributed by atoms with van der Waals surface area (Å²) in [6.45, 7) is 3.90. The van der Waals surface area contributed by atoms with Crippen molar-refractivity contribution >= 4 is 32.8 Å². The molecule has 0 spiro atoms. The molecule has 0 radical (unpaired) electrons. The van der Waals surface area contributed by atoms with E-state index in [4.69, 9.17) is 5.26 Å². The van der Waals surface area contributed by atoms with Gasteiger partial charge >= 0.3 is 0 Å². The molecule has 0 aromatic carbocycles. The molecule has 0 unspecified atom stereocenters. The molecular formula is C9H8BrNS. The Labute approximate surface area is 84.5 Å². The fourth-order valence-electron chi connectivity index (χ4n) is 0.862. The molecule has 0 aliphatic heterocycles. The second-order valence-electron chi connectivity index (χ2n) is 2.59. The van der Waals surface area contributed by atoms with Crippen LogP contribution in [-0.2, 0) is 0 Å². The van der Waals surface area contributed by atoms with E-state index in [1.165, 1.54) is 0 Å². The van der Waals surface area contributed by atoms with Crippen molar-refractivity contribution in [2.24, 2.45) is 0 Å². The number of nitriles is 1. The smallest absolute Gasteiger partial charge is 0.101 e. The highest BCUT2D eigenvalue weighted by molar-refractivity contribution is 9.11. The number of nitrogens with zero attached hydrogens (tertiary/aromatic N) is 1. The summed E-state index contributed by atoms with van der Waals surface area (Å²) >= 11 is 4.95. The van der Waals surface area contributed by atoms with Gasteiger partial charge in [-0.2, -0.15) is 5.26 Å². The van der Waals surface area contributed by atoms with E-state index in [2.05, 4.69) is 22.0 Å². The van der Waals surface area contributed by atoms with Crippen molar-refractivity contribution in [1.29, 1.82) is 5.26 Å². The van der Waals surface area contributed by atoms with Crippen LogP contribution in [0.25, 0.3) is 5.57 Å². The third-order valence-electron chi connectivity index (χ3n) is 1.43. The predicted octanol–water partition coefficient (Wildman–Crippen LogP) is 3.83. The molecule has 1 aromatic rings. The lowest BCUT2D eigenvalue weighted by molar-refractivity contribution is 1.40. The molecule has 1 nitrogen and oxygen atoms in total. The summed E-state index contributed by atoms with van der Waals surface area (Å²) in [6.07, 6.45) is 0. The lowest BCUT2D eigenvalue weighted by Gasteiger charge is -1.94. The number of hydrogen-bond donors (Lipinski definition) is 0. The van der Waals surface area contributed by atoms with Gasteiger partial charge in [0.25, 0.3) is 0 Å². The van der Waals surface area contributed by atoms with Crippen molar-refractivity contribution in [1.82, 2.24) is 0 Å². The van der Waals surface area contributed by atoms with Crippen LogP contribution in [0, 0.1) is 11.3 Å². The van der Waals surface area contributed by atoms with Crippen LogP contribution in [0.4, 0.5) is 0 Å². The summed E-state index contributed by atoms with van der Waals surface area (Å²) in [5, 5.41) is 8.84. The van der Waals surface area contributed by atoms with Crippen LogP contribution in [0.1, 0.15) is 18.7 Å². The van der Waals surface area contributed by atoms with Crippen LogP contribution in [0.5, 0.6) is 0 Å². The van der Waals surface area contributed by atoms with Gasteiger partial charge in [-0.15, -0.1) is 11.3 Å². The molecule has 0 saturated heterocycles. The van der Waals surface area contributed by atoms with Gasteiger partial charge < -0.3 is 0 Å². The summed E-state index contributed by atoms with van der Waals surface area (Å²) in [5.74, 6) is 0. The second kappa shape index (κ2) is 3.88. The minimum atomic E-state index is 0.783. The summed E-state index contributed by atoms with van der Waals surface area (Å²) in [4.78, 5) is 1.03. The standard InChI is InChI=1S/C9H8BrNS/c1-6(2)7(5-11)8-3-4-9(10)12-8/h3-4H,1-2H3. The zero-order valence-corrected chi connectivity index (χ0v) is 9.29. The highest BCUT2D eigenvalue weighted by atomic mass is 79.9. The van der Waals surface area contributed by atoms with Gasteiger partial charge in [-0.3, -0.25) is 0 Å². The fraction of sp³-hybridized carbons (Fsp3) is 0.222. The van der Waals surface area contributed by atoms with Gasteiger partial charge in [0.2, 0.25) is 0 Å². The number of halogens is 1. The molecule has 0 saturated carbocycles. The van der Waals surface area contributed by atoms with Crippen LogP contribution in [0.2, 0.25) is 0 Å². The highest BCUT2D eigenvalue weighted by Gasteiger charge is 2.04. The molecule has 0 bridgehead atoms. The van der Waals surface area contributed by atoms with Crippen molar-refractivity contribution in [3.05, 3.63) is 26.4 Å². The van der Waals surface area contributed by atoms with Crippen LogP contribution >= 0.6 is 27.3 Å². The molecule has 0 N–H and O–H groups in total. The lowest BCUT2D eigenvalue weighted by Crippen LogP contribution is -1.77. The molecule has 3 heteroatoms. The van der Waals surface area contributed by atoms with E-state index in [-0.39, 0.29) is 0 Å². The third-order valence-corrected chi connectivity index (χ3v) is 3.07. The predicted molar refractivity (Wildman–Crippen MR) is 55.9 cm³/mol. The molecule has 0 aliphatic rings. The topological polar surface area (TPSA) is 23.8 Å². The minimum absolute atomic E-state index is 0.783. The van der Waals surface area contributed by atoms with Gasteiger partial charge in [0, 0.05) is 4.88 Å². The molecule has 12 heavy (non-hydrogen) atoms. The van der Waals surface area contributed by atoms with E-state index >= 15 is 0 Å². The van der Waals surface area contributed by atoms with Crippen LogP contribution in [0.15, 0.2) is 21.5 Å². The Morgan fingerprint density at radius 2 is 2.17 bits per heavy atom. The summed E-state index contributed by atoms with van der Waals surface area (Å²) < 4.78 is 1.06. The Kier molecular flexibility index (Phi) is 3.07. The summed E-state index contributed by atoms with van der Waals surface area (Å²) in [6, 6.07) is 6.12. The van der Waals surface area contributed by atoms with E-state index < -0.39 is 0 Å². The van der Waals surface area contributed by atoms with Crippen LogP contribution in [-0.4, -0.2) is 0 Å². The maximum Gasteiger partial charge on any atom is 0.101 e. The zero-order chi connectivity index (χ0) is 9.14. The molecule has 1 heterocycles. The Bertz CT molecular complexity index is 353. The highest BCUT2D eigenvalue weighted by Crippen LogP contribution is 2.29. The Morgan fingerprint density at radius 3 is 2.50 bits per heavy atom. The van der Waals surface area contributed by atoms with E-state index in [0.717, 1.165) is 19.8 Å². The molecule has 1 aromatic heterocycles. The lowest BCUT2D eigenvalue weighted by atomic mass is 10.1. The fourth-order valence-corrected chi connectivity index (χ4v) is 2.35. The van der Waals surface area contributed by atoms with Crippen molar-refractivity contribution in [2.75, 3.05) is 0 Å². The Balaban J connectivity index is 3.15. The average molecular weight is 242 g/mol. The first kappa shape index (κ1) is 9.50. The second-order valence-corrected chi connectivity index (χ2v) is 5.05. The minimum Gasteiger partial charge on any atom is -0.192 e. The number of rotatable bonds is 1. The van der Waals surface area contributed by atoms with Crippen LogP contribution in [0.3, 0.4) is 0 Å². The van der Waals surface area contributed by atoms with Gasteiger partial charge in [-0.05, 0) is 41.9 Å². The first-order valence-corrected chi connectivity index (χ1v) is 5.09. The Morgan fingerprint density at radius 1 is 1.50 bits per heavy atom. The molecule has 0 fully saturated rings. The average Bonchev–Trinajstić information content (AvgIpc) is 2.37. The van der Waals surface area contributed by atoms with Gasteiger partial charge in [0.1, 0.15) is 6.07 Å². The quantitative estimate of drug-likeness (QED) is 0.686. The monoisotopic (exact) mass is 241 g/mol. The number of thiophene rings is 1. The van der Waals surface area contributed by atoms with Gasteiger partial charge in [-0.25, -0.2) is 0 Å². The van der Waals surface area contributed by atoms with E-state index in [9.17, 15) is 0 Å². The van der Waals surface area contributed by atoms with Crippen molar-refractivity contribution < 1.29 is 0 Å². The molecule has 0 amide bonds. The third kappa shape index (κ3) is 1.96. The molecular weight excluding hydrogens is 234 g/mol. The van der Waals surface area contributed by atoms with Crippen molar-refractivity contribution in [3.63, 3.8) is 0 Å². The molecule has 62 valence electrons. The largest absolute Gasteiger partial charge is 0.192 e. The zero-order valence-electron chi connectivity index (χ0n) is 6.89. The summed E-state index contributed by atoms with van der Waals surface area (Å²) in [7, 11) is 0. The first-order valence-electron chi connectivity index (χ1n) is 3.48. The van der Waals surface area contributed by atoms with Crippen molar-refractivity contribution in [2.45, 2.75) is 13.8 Å². The maximum atomic E-state index is 8.84. The van der Waals surface area contributed by atoms with Crippen LogP contribution < -0.4 is 0 Å². The van der Waals surface area contributed by atoms with Gasteiger partial charge in [-0.1, -0.05) is 5.57 Å². The van der Waals surface area contributed by atoms with Gasteiger partial charge in [0.15, 0.2) is 0 Å². The van der Waals surface area contributed by atoms with E-state index in [1.807, 2.05) is 26.0 Å². The maximum absolute atomic E-state index is 8.84. The molecule has 0 aliphatic carbocycles. The van der Waals surface area contributed by atoms with E-state index in [1.54, 1.807) is 11.3 Å². The SMILES string of the molecule is CC(C)=C(C#N)c1ccc(Br)s1. The normalized spacial score (nSPS) is 9.17. The number of allylic oxidation sites excluding steroid dienone is 2. The van der Waals surface area contributed by atoms with E-state index in [0.29, 0.717) is 0 Å². The Hall–Kier alpha value is -0.590. The first-order chi connectivity index (χ1) is 5.65. The molecule has 0 atom stereocenters. The summed E-state index contributed by atoms with van der Waals surface area (Å²) in [5.41, 5.74) is 1.84. The molecule has 1 rings (SSSR count). The van der Waals surface area contributed by atoms with Gasteiger partial charge in [0.05, 0.1) is 9.36 Å². The van der Waals surface area contributed by atoms with Crippen molar-refractivity contribution in [3.8, 4) is 6.07 Å².